The van der Waals surface area contributed by atoms with E-state index in [-0.39, 0.29) is 5.41 Å². The van der Waals surface area contributed by atoms with E-state index in [9.17, 15) is 4.79 Å². The third-order valence-electron chi connectivity index (χ3n) is 4.23. The number of carbonyl (C=O) groups excluding carboxylic acids is 1. The van der Waals surface area contributed by atoms with Crippen molar-refractivity contribution in [2.75, 3.05) is 0 Å². The molecule has 1 heterocycles. The zero-order valence-corrected chi connectivity index (χ0v) is 11.7. The second kappa shape index (κ2) is 5.34. The van der Waals surface area contributed by atoms with Gasteiger partial charge in [0, 0.05) is 21.6 Å². The van der Waals surface area contributed by atoms with E-state index in [1.54, 1.807) is 0 Å². The molecule has 2 heteroatoms. The zero-order chi connectivity index (χ0) is 12.3. The van der Waals surface area contributed by atoms with Crippen molar-refractivity contribution in [1.82, 2.24) is 0 Å². The minimum atomic E-state index is 0.0242. The molecule has 1 aliphatic carbocycles. The van der Waals surface area contributed by atoms with Crippen molar-refractivity contribution in [3.8, 4) is 0 Å². The average molecular weight is 250 g/mol. The number of Topliss-reactive ketones (excluding diaryl/α,β-unsaturated/α-hetero) is 1. The molecule has 94 valence electrons. The van der Waals surface area contributed by atoms with Gasteiger partial charge in [0.15, 0.2) is 0 Å². The first kappa shape index (κ1) is 12.8. The van der Waals surface area contributed by atoms with Crippen LogP contribution in [0, 0.1) is 5.41 Å². The molecule has 0 atom stereocenters. The lowest BCUT2D eigenvalue weighted by atomic mass is 9.78. The Morgan fingerprint density at radius 2 is 1.88 bits per heavy atom. The quantitative estimate of drug-likeness (QED) is 0.757. The van der Waals surface area contributed by atoms with Crippen LogP contribution in [-0.4, -0.2) is 5.78 Å². The summed E-state index contributed by atoms with van der Waals surface area (Å²) in [4.78, 5) is 15.1. The van der Waals surface area contributed by atoms with Gasteiger partial charge in [-0.15, -0.1) is 11.3 Å². The third kappa shape index (κ3) is 2.62. The van der Waals surface area contributed by atoms with Gasteiger partial charge in [-0.2, -0.15) is 0 Å². The van der Waals surface area contributed by atoms with Crippen molar-refractivity contribution < 1.29 is 4.79 Å². The molecule has 0 unspecified atom stereocenters. The summed E-state index contributed by atoms with van der Waals surface area (Å²) in [5.41, 5.74) is 0.0242. The highest BCUT2D eigenvalue weighted by molar-refractivity contribution is 7.12. The summed E-state index contributed by atoms with van der Waals surface area (Å²) in [5, 5.41) is 0. The molecule has 0 saturated heterocycles. The van der Waals surface area contributed by atoms with Gasteiger partial charge in [-0.25, -0.2) is 0 Å². The standard InChI is InChI=1S/C15H22OS/c1-3-12-7-8-13(17-12)11-14(16)15(4-2)9-5-6-10-15/h7-8H,3-6,9-11H2,1-2H3. The van der Waals surface area contributed by atoms with Crippen molar-refractivity contribution >= 4 is 17.1 Å². The summed E-state index contributed by atoms with van der Waals surface area (Å²) in [6, 6.07) is 4.31. The molecule has 0 aliphatic heterocycles. The van der Waals surface area contributed by atoms with Gasteiger partial charge in [-0.05, 0) is 37.8 Å². The highest BCUT2D eigenvalue weighted by Gasteiger charge is 2.38. The molecule has 0 N–H and O–H groups in total. The first-order valence-electron chi connectivity index (χ1n) is 6.81. The molecule has 1 aromatic heterocycles. The van der Waals surface area contributed by atoms with E-state index in [2.05, 4.69) is 26.0 Å². The molecular weight excluding hydrogens is 228 g/mol. The van der Waals surface area contributed by atoms with Crippen LogP contribution in [0.4, 0.5) is 0 Å². The van der Waals surface area contributed by atoms with Crippen LogP contribution in [0.15, 0.2) is 12.1 Å². The van der Waals surface area contributed by atoms with Gasteiger partial charge >= 0.3 is 0 Å². The SMILES string of the molecule is CCc1ccc(CC(=O)C2(CC)CCCC2)s1. The molecule has 1 nitrogen and oxygen atoms in total. The number of rotatable bonds is 5. The Morgan fingerprint density at radius 1 is 1.24 bits per heavy atom. The molecule has 1 saturated carbocycles. The van der Waals surface area contributed by atoms with E-state index >= 15 is 0 Å². The number of ketones is 1. The lowest BCUT2D eigenvalue weighted by Gasteiger charge is -2.25. The van der Waals surface area contributed by atoms with Crippen LogP contribution in [0.2, 0.25) is 0 Å². The fourth-order valence-electron chi connectivity index (χ4n) is 2.93. The van der Waals surface area contributed by atoms with E-state index < -0.39 is 0 Å². The Morgan fingerprint density at radius 3 is 2.41 bits per heavy atom. The Kier molecular flexibility index (Phi) is 4.03. The summed E-state index contributed by atoms with van der Waals surface area (Å²) >= 11 is 1.81. The van der Waals surface area contributed by atoms with Crippen LogP contribution in [-0.2, 0) is 17.6 Å². The van der Waals surface area contributed by atoms with Gasteiger partial charge in [0.2, 0.25) is 0 Å². The molecular formula is C15H22OS. The molecule has 0 bridgehead atoms. The fourth-order valence-corrected chi connectivity index (χ4v) is 3.89. The summed E-state index contributed by atoms with van der Waals surface area (Å²) < 4.78 is 0. The predicted molar refractivity (Wildman–Crippen MR) is 73.6 cm³/mol. The van der Waals surface area contributed by atoms with Crippen molar-refractivity contribution in [2.45, 2.75) is 58.8 Å². The minimum Gasteiger partial charge on any atom is -0.299 e. The van der Waals surface area contributed by atoms with Gasteiger partial charge < -0.3 is 0 Å². The van der Waals surface area contributed by atoms with E-state index in [0.29, 0.717) is 12.2 Å². The lowest BCUT2D eigenvalue weighted by Crippen LogP contribution is -2.28. The van der Waals surface area contributed by atoms with Crippen LogP contribution in [0.1, 0.15) is 55.7 Å². The van der Waals surface area contributed by atoms with Crippen molar-refractivity contribution in [2.24, 2.45) is 5.41 Å². The molecule has 2 rings (SSSR count). The predicted octanol–water partition coefficient (Wildman–Crippen LogP) is 4.39. The maximum absolute atomic E-state index is 12.5. The summed E-state index contributed by atoms with van der Waals surface area (Å²) in [5.74, 6) is 0.488. The molecule has 0 radical (unpaired) electrons. The van der Waals surface area contributed by atoms with E-state index in [1.165, 1.54) is 22.6 Å². The largest absolute Gasteiger partial charge is 0.299 e. The van der Waals surface area contributed by atoms with E-state index in [1.807, 2.05) is 11.3 Å². The summed E-state index contributed by atoms with van der Waals surface area (Å²) in [6.07, 6.45) is 7.49. The van der Waals surface area contributed by atoms with Gasteiger partial charge in [-0.1, -0.05) is 26.7 Å². The van der Waals surface area contributed by atoms with Gasteiger partial charge in [0.05, 0.1) is 0 Å². The fraction of sp³-hybridized carbons (Fsp3) is 0.667. The highest BCUT2D eigenvalue weighted by Crippen LogP contribution is 2.42. The molecule has 1 fully saturated rings. The van der Waals surface area contributed by atoms with Crippen molar-refractivity contribution in [3.63, 3.8) is 0 Å². The highest BCUT2D eigenvalue weighted by atomic mass is 32.1. The van der Waals surface area contributed by atoms with Crippen LogP contribution >= 0.6 is 11.3 Å². The molecule has 0 aromatic carbocycles. The Labute approximate surface area is 108 Å². The molecule has 1 aromatic rings. The third-order valence-corrected chi connectivity index (χ3v) is 5.46. The van der Waals surface area contributed by atoms with E-state index in [4.69, 9.17) is 0 Å². The zero-order valence-electron chi connectivity index (χ0n) is 10.9. The van der Waals surface area contributed by atoms with Gasteiger partial charge in [0.25, 0.3) is 0 Å². The Balaban J connectivity index is 2.05. The first-order valence-corrected chi connectivity index (χ1v) is 7.63. The lowest BCUT2D eigenvalue weighted by molar-refractivity contribution is -0.128. The number of thiophene rings is 1. The second-order valence-electron chi connectivity index (χ2n) is 5.16. The monoisotopic (exact) mass is 250 g/mol. The smallest absolute Gasteiger partial charge is 0.144 e. The molecule has 0 amide bonds. The molecule has 17 heavy (non-hydrogen) atoms. The number of hydrogen-bond acceptors (Lipinski definition) is 2. The van der Waals surface area contributed by atoms with Crippen LogP contribution in [0.3, 0.4) is 0 Å². The minimum absolute atomic E-state index is 0.0242. The normalized spacial score (nSPS) is 18.5. The van der Waals surface area contributed by atoms with Crippen molar-refractivity contribution in [1.29, 1.82) is 0 Å². The first-order chi connectivity index (χ1) is 8.20. The number of carbonyl (C=O) groups is 1. The number of hydrogen-bond donors (Lipinski definition) is 0. The van der Waals surface area contributed by atoms with Crippen LogP contribution < -0.4 is 0 Å². The average Bonchev–Trinajstić information content (AvgIpc) is 2.97. The maximum Gasteiger partial charge on any atom is 0.144 e. The van der Waals surface area contributed by atoms with Crippen LogP contribution in [0.25, 0.3) is 0 Å². The van der Waals surface area contributed by atoms with Crippen molar-refractivity contribution in [3.05, 3.63) is 21.9 Å². The summed E-state index contributed by atoms with van der Waals surface area (Å²) in [6.45, 7) is 4.34. The second-order valence-corrected chi connectivity index (χ2v) is 6.42. The summed E-state index contributed by atoms with van der Waals surface area (Å²) in [7, 11) is 0. The van der Waals surface area contributed by atoms with Crippen LogP contribution in [0.5, 0.6) is 0 Å². The Bertz CT molecular complexity index is 385. The van der Waals surface area contributed by atoms with Gasteiger partial charge in [-0.3, -0.25) is 4.79 Å². The van der Waals surface area contributed by atoms with E-state index in [0.717, 1.165) is 25.7 Å². The topological polar surface area (TPSA) is 17.1 Å². The molecule has 0 spiro atoms. The maximum atomic E-state index is 12.5. The van der Waals surface area contributed by atoms with Gasteiger partial charge in [0.1, 0.15) is 5.78 Å². The molecule has 1 aliphatic rings. The number of aryl methyl sites for hydroxylation is 1. The Hall–Kier alpha value is -0.630.